The molecule has 1 aromatic heterocycles. The maximum Gasteiger partial charge on any atom is 0.303 e. The Balaban J connectivity index is 2.46. The molecule has 6 nitrogen and oxygen atoms in total. The SMILES string of the molecule is N#Cc1cc(Cc2c(F)ccc(Cl)c2F)nc(C(=O)CCC(=O)O)c1O. The van der Waals surface area contributed by atoms with E-state index in [2.05, 4.69) is 4.98 Å². The number of nitrogens with zero attached hydrogens (tertiary/aromatic N) is 2. The lowest BCUT2D eigenvalue weighted by molar-refractivity contribution is -0.136. The highest BCUT2D eigenvalue weighted by Gasteiger charge is 2.21. The summed E-state index contributed by atoms with van der Waals surface area (Å²) in [7, 11) is 0. The molecule has 0 aliphatic carbocycles. The fraction of sp³-hybridized carbons (Fsp3) is 0.176. The minimum absolute atomic E-state index is 0.0573. The largest absolute Gasteiger partial charge is 0.504 e. The molecule has 2 aromatic rings. The molecule has 0 radical (unpaired) electrons. The molecular formula is C17H11ClF2N2O4. The van der Waals surface area contributed by atoms with Gasteiger partial charge in [0.25, 0.3) is 0 Å². The van der Waals surface area contributed by atoms with Gasteiger partial charge in [-0.1, -0.05) is 11.6 Å². The number of aliphatic carboxylic acids is 1. The number of nitriles is 1. The summed E-state index contributed by atoms with van der Waals surface area (Å²) in [4.78, 5) is 26.5. The number of hydrogen-bond acceptors (Lipinski definition) is 5. The Morgan fingerprint density at radius 1 is 1.27 bits per heavy atom. The van der Waals surface area contributed by atoms with Crippen LogP contribution in [0.1, 0.15) is 40.2 Å². The first kappa shape index (κ1) is 19.3. The molecule has 0 aliphatic rings. The van der Waals surface area contributed by atoms with Crippen LogP contribution in [0.4, 0.5) is 8.78 Å². The molecule has 26 heavy (non-hydrogen) atoms. The molecule has 0 fully saturated rings. The Kier molecular flexibility index (Phi) is 5.85. The zero-order valence-corrected chi connectivity index (χ0v) is 13.8. The maximum atomic E-state index is 14.0. The van der Waals surface area contributed by atoms with Crippen LogP contribution >= 0.6 is 11.6 Å². The van der Waals surface area contributed by atoms with Gasteiger partial charge < -0.3 is 10.2 Å². The van der Waals surface area contributed by atoms with Crippen molar-refractivity contribution in [1.29, 1.82) is 5.26 Å². The minimum Gasteiger partial charge on any atom is -0.504 e. The lowest BCUT2D eigenvalue weighted by Gasteiger charge is -2.10. The molecule has 9 heteroatoms. The Morgan fingerprint density at radius 2 is 1.96 bits per heavy atom. The van der Waals surface area contributed by atoms with E-state index in [4.69, 9.17) is 22.0 Å². The van der Waals surface area contributed by atoms with Crippen LogP contribution in [0.2, 0.25) is 5.02 Å². The zero-order valence-electron chi connectivity index (χ0n) is 13.1. The lowest BCUT2D eigenvalue weighted by Crippen LogP contribution is -2.10. The van der Waals surface area contributed by atoms with E-state index >= 15 is 0 Å². The highest BCUT2D eigenvalue weighted by atomic mass is 35.5. The van der Waals surface area contributed by atoms with Crippen LogP contribution in [0, 0.1) is 23.0 Å². The van der Waals surface area contributed by atoms with Gasteiger partial charge in [0, 0.05) is 24.1 Å². The van der Waals surface area contributed by atoms with Crippen LogP contribution in [0.3, 0.4) is 0 Å². The van der Waals surface area contributed by atoms with E-state index in [1.807, 2.05) is 0 Å². The normalized spacial score (nSPS) is 10.4. The Hall–Kier alpha value is -3.05. The molecule has 2 N–H and O–H groups in total. The number of Topliss-reactive ketones (excluding diaryl/α,β-unsaturated/α-hetero) is 1. The molecule has 2 rings (SSSR count). The number of carboxylic acid groups (broad SMARTS) is 1. The van der Waals surface area contributed by atoms with Gasteiger partial charge in [0.2, 0.25) is 0 Å². The molecule has 0 spiro atoms. The van der Waals surface area contributed by atoms with Crippen molar-refractivity contribution in [1.82, 2.24) is 4.98 Å². The standard InChI is InChI=1S/C17H11ClF2N2O4/c18-11-1-2-12(19)10(15(11)20)6-9-5-8(7-21)17(26)16(22-9)13(23)3-4-14(24)25/h1-2,5,26H,3-4,6H2,(H,24,25). The molecule has 0 saturated heterocycles. The first-order valence-electron chi connectivity index (χ1n) is 7.25. The number of hydrogen-bond donors (Lipinski definition) is 2. The number of halogens is 3. The highest BCUT2D eigenvalue weighted by molar-refractivity contribution is 6.30. The van der Waals surface area contributed by atoms with Crippen LogP contribution in [0.15, 0.2) is 18.2 Å². The van der Waals surface area contributed by atoms with Gasteiger partial charge >= 0.3 is 5.97 Å². The van der Waals surface area contributed by atoms with E-state index in [1.54, 1.807) is 6.07 Å². The van der Waals surface area contributed by atoms with Crippen molar-refractivity contribution < 1.29 is 28.6 Å². The van der Waals surface area contributed by atoms with Crippen LogP contribution in [0.5, 0.6) is 5.75 Å². The number of carbonyl (C=O) groups excluding carboxylic acids is 1. The number of carboxylic acids is 1. The third-order valence-electron chi connectivity index (χ3n) is 3.49. The molecule has 0 saturated carbocycles. The number of aromatic hydroxyl groups is 1. The van der Waals surface area contributed by atoms with E-state index in [0.717, 1.165) is 18.2 Å². The van der Waals surface area contributed by atoms with E-state index in [0.29, 0.717) is 0 Å². The summed E-state index contributed by atoms with van der Waals surface area (Å²) in [5.41, 5.74) is -1.32. The first-order chi connectivity index (χ1) is 12.2. The second-order valence-electron chi connectivity index (χ2n) is 5.29. The number of ketones is 1. The van der Waals surface area contributed by atoms with Gasteiger partial charge in [-0.2, -0.15) is 5.26 Å². The molecule has 0 amide bonds. The Bertz CT molecular complexity index is 941. The summed E-state index contributed by atoms with van der Waals surface area (Å²) < 4.78 is 27.9. The van der Waals surface area contributed by atoms with Gasteiger partial charge in [-0.15, -0.1) is 0 Å². The van der Waals surface area contributed by atoms with Crippen LogP contribution in [-0.4, -0.2) is 26.9 Å². The minimum atomic E-state index is -1.22. The Morgan fingerprint density at radius 3 is 2.58 bits per heavy atom. The predicted octanol–water partition coefficient (Wildman–Crippen LogP) is 3.23. The monoisotopic (exact) mass is 380 g/mol. The molecule has 1 heterocycles. The lowest BCUT2D eigenvalue weighted by atomic mass is 10.0. The highest BCUT2D eigenvalue weighted by Crippen LogP contribution is 2.27. The second kappa shape index (κ2) is 7.89. The van der Waals surface area contributed by atoms with Gasteiger partial charge in [0.1, 0.15) is 23.4 Å². The molecule has 1 aromatic carbocycles. The van der Waals surface area contributed by atoms with Gasteiger partial charge in [0.05, 0.1) is 17.0 Å². The molecule has 134 valence electrons. The third kappa shape index (κ3) is 4.13. The van der Waals surface area contributed by atoms with Gasteiger partial charge in [-0.05, 0) is 18.2 Å². The van der Waals surface area contributed by atoms with E-state index in [-0.39, 0.29) is 16.3 Å². The average Bonchev–Trinajstić information content (AvgIpc) is 2.60. The first-order valence-corrected chi connectivity index (χ1v) is 7.62. The number of rotatable bonds is 6. The molecule has 0 bridgehead atoms. The van der Waals surface area contributed by atoms with Crippen molar-refractivity contribution in [3.8, 4) is 11.8 Å². The van der Waals surface area contributed by atoms with Crippen molar-refractivity contribution in [3.05, 3.63) is 57.4 Å². The van der Waals surface area contributed by atoms with E-state index in [9.17, 15) is 23.5 Å². The van der Waals surface area contributed by atoms with Gasteiger partial charge in [0.15, 0.2) is 11.5 Å². The van der Waals surface area contributed by atoms with Crippen molar-refractivity contribution >= 4 is 23.4 Å². The summed E-state index contributed by atoms with van der Waals surface area (Å²) >= 11 is 5.62. The molecule has 0 aliphatic heterocycles. The number of aromatic nitrogens is 1. The maximum absolute atomic E-state index is 14.0. The predicted molar refractivity (Wildman–Crippen MR) is 86.0 cm³/mol. The van der Waals surface area contributed by atoms with Gasteiger partial charge in [-0.3, -0.25) is 9.59 Å². The summed E-state index contributed by atoms with van der Waals surface area (Å²) in [5, 5.41) is 27.3. The Labute approximate surface area is 151 Å². The topological polar surface area (TPSA) is 111 Å². The van der Waals surface area contributed by atoms with Gasteiger partial charge in [-0.25, -0.2) is 13.8 Å². The zero-order chi connectivity index (χ0) is 19.4. The number of carbonyl (C=O) groups is 2. The second-order valence-corrected chi connectivity index (χ2v) is 5.69. The number of pyridine rings is 1. The summed E-state index contributed by atoms with van der Waals surface area (Å²) in [6, 6.07) is 4.74. The number of benzene rings is 1. The van der Waals surface area contributed by atoms with Crippen molar-refractivity contribution in [2.75, 3.05) is 0 Å². The average molecular weight is 381 g/mol. The quantitative estimate of drug-likeness (QED) is 0.588. The van der Waals surface area contributed by atoms with Crippen LogP contribution in [-0.2, 0) is 11.2 Å². The fourth-order valence-electron chi connectivity index (χ4n) is 2.21. The van der Waals surface area contributed by atoms with Crippen LogP contribution in [0.25, 0.3) is 0 Å². The van der Waals surface area contributed by atoms with E-state index in [1.165, 1.54) is 0 Å². The summed E-state index contributed by atoms with van der Waals surface area (Å²) in [6.07, 6.45) is -1.37. The van der Waals surface area contributed by atoms with E-state index < -0.39 is 59.7 Å². The van der Waals surface area contributed by atoms with Crippen molar-refractivity contribution in [3.63, 3.8) is 0 Å². The smallest absolute Gasteiger partial charge is 0.303 e. The van der Waals surface area contributed by atoms with Crippen molar-refractivity contribution in [2.45, 2.75) is 19.3 Å². The third-order valence-corrected chi connectivity index (χ3v) is 3.78. The fourth-order valence-corrected chi connectivity index (χ4v) is 2.39. The molecule has 0 atom stereocenters. The summed E-state index contributed by atoms with van der Waals surface area (Å²) in [6.45, 7) is 0. The summed E-state index contributed by atoms with van der Waals surface area (Å²) in [5.74, 6) is -4.63. The van der Waals surface area contributed by atoms with Crippen LogP contribution < -0.4 is 0 Å². The van der Waals surface area contributed by atoms with Crippen molar-refractivity contribution in [2.24, 2.45) is 0 Å². The molecule has 0 unspecified atom stereocenters. The molecular weight excluding hydrogens is 370 g/mol.